The van der Waals surface area contributed by atoms with Crippen molar-refractivity contribution in [1.82, 2.24) is 4.90 Å². The molecule has 0 spiro atoms. The molecule has 2 aliphatic rings. The molecule has 1 fully saturated rings. The quantitative estimate of drug-likeness (QED) is 0.628. The van der Waals surface area contributed by atoms with Gasteiger partial charge in [-0.3, -0.25) is 14.7 Å². The van der Waals surface area contributed by atoms with Gasteiger partial charge in [-0.1, -0.05) is 30.0 Å². The Kier molecular flexibility index (Phi) is 4.75. The van der Waals surface area contributed by atoms with Gasteiger partial charge >= 0.3 is 5.97 Å². The van der Waals surface area contributed by atoms with E-state index in [1.54, 1.807) is 20.8 Å². The van der Waals surface area contributed by atoms with Crippen molar-refractivity contribution in [3.8, 4) is 5.75 Å². The number of benzene rings is 1. The number of rotatable bonds is 5. The Morgan fingerprint density at radius 2 is 2.04 bits per heavy atom. The fourth-order valence-electron chi connectivity index (χ4n) is 2.50. The fourth-order valence-corrected chi connectivity index (χ4v) is 3.72. The summed E-state index contributed by atoms with van der Waals surface area (Å²) in [4.78, 5) is 29.6. The first kappa shape index (κ1) is 17.8. The minimum Gasteiger partial charge on any atom is -0.487 e. The van der Waals surface area contributed by atoms with Gasteiger partial charge in [0.15, 0.2) is 6.04 Å². The molecule has 1 aromatic carbocycles. The van der Waals surface area contributed by atoms with E-state index >= 15 is 0 Å². The number of aliphatic hydroxyl groups is 1. The number of hydrogen-bond donors (Lipinski definition) is 1. The summed E-state index contributed by atoms with van der Waals surface area (Å²) >= 11 is 1.32. The van der Waals surface area contributed by atoms with Gasteiger partial charge in [0, 0.05) is 0 Å². The van der Waals surface area contributed by atoms with E-state index in [1.807, 2.05) is 30.3 Å². The van der Waals surface area contributed by atoms with Crippen LogP contribution < -0.4 is 4.74 Å². The van der Waals surface area contributed by atoms with Crippen molar-refractivity contribution in [2.24, 2.45) is 4.99 Å². The number of esters is 1. The number of thioether (sulfide) groups is 1. The maximum absolute atomic E-state index is 12.2. The number of aliphatic hydroxyl groups excluding tert-OH is 1. The predicted octanol–water partition coefficient (Wildman–Crippen LogP) is 1.41. The fraction of sp³-hybridized carbons (Fsp3) is 0.471. The topological polar surface area (TPSA) is 88.4 Å². The van der Waals surface area contributed by atoms with E-state index in [-0.39, 0.29) is 12.5 Å². The molecular formula is C17H20N2O5S. The number of fused-ring (bicyclic) bond motifs is 1. The highest BCUT2D eigenvalue weighted by atomic mass is 32.2. The summed E-state index contributed by atoms with van der Waals surface area (Å²) in [5.41, 5.74) is -0.737. The Balaban J connectivity index is 1.57. The molecule has 3 unspecified atom stereocenters. The van der Waals surface area contributed by atoms with Crippen molar-refractivity contribution in [2.75, 3.05) is 6.61 Å². The van der Waals surface area contributed by atoms with Crippen LogP contribution in [0.15, 0.2) is 35.3 Å². The molecule has 0 saturated carbocycles. The molecule has 0 aliphatic carbocycles. The van der Waals surface area contributed by atoms with Crippen molar-refractivity contribution in [2.45, 2.75) is 44.0 Å². The highest BCUT2D eigenvalue weighted by molar-refractivity contribution is 8.15. The van der Waals surface area contributed by atoms with Crippen LogP contribution in [0.2, 0.25) is 0 Å². The summed E-state index contributed by atoms with van der Waals surface area (Å²) in [6.45, 7) is 5.34. The second kappa shape index (κ2) is 6.68. The number of hydrogen-bond acceptors (Lipinski definition) is 7. The number of likely N-dealkylation sites (tertiary alicyclic amines) is 1. The molecule has 25 heavy (non-hydrogen) atoms. The average molecular weight is 364 g/mol. The molecule has 7 nitrogen and oxygen atoms in total. The van der Waals surface area contributed by atoms with E-state index in [4.69, 9.17) is 9.47 Å². The molecule has 0 radical (unpaired) electrons. The van der Waals surface area contributed by atoms with Crippen LogP contribution in [0.4, 0.5) is 0 Å². The second-order valence-corrected chi connectivity index (χ2v) is 7.92. The maximum Gasteiger partial charge on any atom is 0.357 e. The van der Waals surface area contributed by atoms with Crippen LogP contribution in [0.5, 0.6) is 5.75 Å². The van der Waals surface area contributed by atoms with Crippen molar-refractivity contribution >= 4 is 28.7 Å². The van der Waals surface area contributed by atoms with E-state index in [2.05, 4.69) is 4.99 Å². The second-order valence-electron chi connectivity index (χ2n) is 6.73. The van der Waals surface area contributed by atoms with Crippen LogP contribution in [-0.2, 0) is 14.3 Å². The third-order valence-electron chi connectivity index (χ3n) is 3.58. The average Bonchev–Trinajstić information content (AvgIpc) is 2.91. The normalized spacial score (nSPS) is 23.4. The zero-order valence-corrected chi connectivity index (χ0v) is 15.0. The monoisotopic (exact) mass is 364 g/mol. The third kappa shape index (κ3) is 3.80. The number of carbonyl (C=O) groups is 2. The number of para-hydroxylation sites is 1. The molecule has 1 saturated heterocycles. The molecule has 134 valence electrons. The Bertz CT molecular complexity index is 701. The molecule has 0 bridgehead atoms. The Morgan fingerprint density at radius 1 is 1.36 bits per heavy atom. The first-order valence-corrected chi connectivity index (χ1v) is 8.78. The van der Waals surface area contributed by atoms with Crippen molar-refractivity contribution in [3.63, 3.8) is 0 Å². The highest BCUT2D eigenvalue weighted by Gasteiger charge is 2.56. The zero-order chi connectivity index (χ0) is 18.2. The highest BCUT2D eigenvalue weighted by Crippen LogP contribution is 2.40. The Labute approximate surface area is 150 Å². The van der Waals surface area contributed by atoms with E-state index in [9.17, 15) is 14.7 Å². The van der Waals surface area contributed by atoms with Crippen LogP contribution in [0.25, 0.3) is 0 Å². The molecule has 2 heterocycles. The standard InChI is InChI=1S/C17H20N2O5S/c1-17(2,3)24-16(22)14(21)19-13(20)12-15(19)25-11(18-12)9-23-10-7-5-4-6-8-10/h4-8,12,14-15,21H,9H2,1-3H3. The molecule has 0 aromatic heterocycles. The van der Waals surface area contributed by atoms with Crippen molar-refractivity contribution in [3.05, 3.63) is 30.3 Å². The summed E-state index contributed by atoms with van der Waals surface area (Å²) in [5, 5.41) is 10.4. The molecule has 3 rings (SSSR count). The minimum absolute atomic E-state index is 0.241. The molecule has 8 heteroatoms. The van der Waals surface area contributed by atoms with E-state index in [1.165, 1.54) is 11.8 Å². The van der Waals surface area contributed by atoms with E-state index in [0.717, 1.165) is 4.90 Å². The molecule has 3 atom stereocenters. The SMILES string of the molecule is CC(C)(C)OC(=O)C(O)N1C(=O)C2N=C(COc3ccccc3)SC21. The number of aliphatic imine (C=N–C) groups is 1. The number of nitrogens with zero attached hydrogens (tertiary/aromatic N) is 2. The van der Waals surface area contributed by atoms with Gasteiger partial charge in [0.25, 0.3) is 5.91 Å². The number of ether oxygens (including phenoxy) is 2. The maximum atomic E-state index is 12.2. The third-order valence-corrected chi connectivity index (χ3v) is 4.80. The molecule has 2 aliphatic heterocycles. The van der Waals surface area contributed by atoms with Crippen LogP contribution in [0.3, 0.4) is 0 Å². The number of amides is 1. The lowest BCUT2D eigenvalue weighted by molar-refractivity contribution is -0.187. The van der Waals surface area contributed by atoms with Crippen molar-refractivity contribution < 1.29 is 24.2 Å². The summed E-state index contributed by atoms with van der Waals surface area (Å²) in [5.74, 6) is -0.513. The van der Waals surface area contributed by atoms with Gasteiger partial charge in [-0.25, -0.2) is 4.79 Å². The smallest absolute Gasteiger partial charge is 0.357 e. The molecule has 1 aromatic rings. The van der Waals surface area contributed by atoms with Gasteiger partial charge in [-0.15, -0.1) is 0 Å². The van der Waals surface area contributed by atoms with Crippen molar-refractivity contribution in [1.29, 1.82) is 0 Å². The van der Waals surface area contributed by atoms with Crippen LogP contribution in [0.1, 0.15) is 20.8 Å². The van der Waals surface area contributed by atoms with Gasteiger partial charge in [-0.05, 0) is 32.9 Å². The van der Waals surface area contributed by atoms with E-state index < -0.39 is 29.2 Å². The van der Waals surface area contributed by atoms with Crippen LogP contribution >= 0.6 is 11.8 Å². The minimum atomic E-state index is -1.62. The van der Waals surface area contributed by atoms with Gasteiger partial charge in [-0.2, -0.15) is 0 Å². The summed E-state index contributed by atoms with van der Waals surface area (Å²) in [7, 11) is 0. The first-order chi connectivity index (χ1) is 11.8. The largest absolute Gasteiger partial charge is 0.487 e. The number of carbonyl (C=O) groups excluding carboxylic acids is 2. The van der Waals surface area contributed by atoms with Crippen LogP contribution in [-0.4, -0.2) is 56.8 Å². The number of β-lactam (4-membered cyclic amide) rings is 1. The lowest BCUT2D eigenvalue weighted by Crippen LogP contribution is -2.66. The summed E-state index contributed by atoms with van der Waals surface area (Å²) in [6.07, 6.45) is -1.62. The lowest BCUT2D eigenvalue weighted by Gasteiger charge is -2.43. The summed E-state index contributed by atoms with van der Waals surface area (Å²) in [6, 6.07) is 8.72. The van der Waals surface area contributed by atoms with Gasteiger partial charge in [0.05, 0.1) is 0 Å². The van der Waals surface area contributed by atoms with Gasteiger partial charge in [0.2, 0.25) is 6.23 Å². The summed E-state index contributed by atoms with van der Waals surface area (Å²) < 4.78 is 10.8. The lowest BCUT2D eigenvalue weighted by atomic mass is 10.1. The Morgan fingerprint density at radius 3 is 2.68 bits per heavy atom. The molecular weight excluding hydrogens is 344 g/mol. The zero-order valence-electron chi connectivity index (χ0n) is 14.2. The molecule has 1 amide bonds. The van der Waals surface area contributed by atoms with Crippen LogP contribution in [0, 0.1) is 0 Å². The molecule has 1 N–H and O–H groups in total. The van der Waals surface area contributed by atoms with E-state index in [0.29, 0.717) is 10.8 Å². The predicted molar refractivity (Wildman–Crippen MR) is 93.2 cm³/mol. The van der Waals surface area contributed by atoms with Gasteiger partial charge in [0.1, 0.15) is 28.4 Å². The first-order valence-electron chi connectivity index (χ1n) is 7.90. The van der Waals surface area contributed by atoms with Gasteiger partial charge < -0.3 is 14.6 Å². The Hall–Kier alpha value is -2.06.